The Balaban J connectivity index is 2.23. The fraction of sp³-hybridized carbons (Fsp3) is 0.167. The maximum Gasteiger partial charge on any atom is 0.344 e. The average Bonchev–Trinajstić information content (AvgIpc) is 3.25. The van der Waals surface area contributed by atoms with Crippen LogP contribution in [0.3, 0.4) is 0 Å². The lowest BCUT2D eigenvalue weighted by Gasteiger charge is -2.37. The van der Waals surface area contributed by atoms with Gasteiger partial charge in [0, 0.05) is 17.6 Å². The summed E-state index contributed by atoms with van der Waals surface area (Å²) in [6, 6.07) is 8.17. The molecule has 0 radical (unpaired) electrons. The smallest absolute Gasteiger partial charge is 0.287 e. The highest BCUT2D eigenvalue weighted by Gasteiger charge is 2.79. The van der Waals surface area contributed by atoms with E-state index in [2.05, 4.69) is 28.1 Å². The highest BCUT2D eigenvalue weighted by Crippen LogP contribution is 2.50. The fourth-order valence-electron chi connectivity index (χ4n) is 4.17. The number of amidine groups is 2. The highest BCUT2D eigenvalue weighted by atomic mass is 32.3. The Kier molecular flexibility index (Phi) is 6.50. The number of nitrogens with zero attached hydrogens (tertiary/aromatic N) is 5. The van der Waals surface area contributed by atoms with E-state index in [-0.39, 0.29) is 36.1 Å². The maximum atomic E-state index is 14.4. The van der Waals surface area contributed by atoms with Crippen LogP contribution >= 0.6 is 0 Å². The van der Waals surface area contributed by atoms with E-state index in [0.717, 1.165) is 16.0 Å². The number of benzene rings is 1. The van der Waals surface area contributed by atoms with Crippen molar-refractivity contribution in [2.24, 2.45) is 15.0 Å². The molecule has 1 N–H and O–H groups in total. The molecule has 1 atom stereocenters. The zero-order valence-electron chi connectivity index (χ0n) is 19.4. The summed E-state index contributed by atoms with van der Waals surface area (Å²) in [4.78, 5) is 15.1. The molecule has 3 aliphatic heterocycles. The maximum absolute atomic E-state index is 14.4. The molecule has 1 unspecified atom stereocenters. The molecular formula is C24H24N6O4S2. The zero-order valence-corrected chi connectivity index (χ0v) is 21.1. The Morgan fingerprint density at radius 2 is 1.72 bits per heavy atom. The van der Waals surface area contributed by atoms with Crippen LogP contribution in [-0.4, -0.2) is 60.9 Å². The van der Waals surface area contributed by atoms with Gasteiger partial charge < -0.3 is 0 Å². The Morgan fingerprint density at radius 3 is 2.33 bits per heavy atom. The largest absolute Gasteiger partial charge is 0.344 e. The minimum atomic E-state index is -4.95. The summed E-state index contributed by atoms with van der Waals surface area (Å²) in [5.74, 6) is 0.0932. The van der Waals surface area contributed by atoms with Crippen LogP contribution in [0.1, 0.15) is 6.92 Å². The summed E-state index contributed by atoms with van der Waals surface area (Å²) >= 11 is 0. The lowest BCUT2D eigenvalue weighted by Crippen LogP contribution is -2.62. The van der Waals surface area contributed by atoms with Gasteiger partial charge in [-0.15, -0.1) is 0 Å². The van der Waals surface area contributed by atoms with Gasteiger partial charge in [-0.1, -0.05) is 55.7 Å². The highest BCUT2D eigenvalue weighted by molar-refractivity contribution is 8.33. The molecule has 36 heavy (non-hydrogen) atoms. The molecule has 0 aromatic heterocycles. The molecule has 186 valence electrons. The number of aliphatic imine (C=N–C) groups is 3. The van der Waals surface area contributed by atoms with Crippen LogP contribution in [0.5, 0.6) is 0 Å². The van der Waals surface area contributed by atoms with Gasteiger partial charge in [-0.3, -0.25) is 25.2 Å². The summed E-state index contributed by atoms with van der Waals surface area (Å²) in [5, 5.41) is 6.49. The Hall–Kier alpha value is -3.90. The minimum absolute atomic E-state index is 0.0375. The van der Waals surface area contributed by atoms with Crippen molar-refractivity contribution in [3.8, 4) is 0 Å². The van der Waals surface area contributed by atoms with Crippen LogP contribution in [0.15, 0.2) is 107 Å². The predicted molar refractivity (Wildman–Crippen MR) is 144 cm³/mol. The van der Waals surface area contributed by atoms with Gasteiger partial charge >= 0.3 is 4.33 Å². The van der Waals surface area contributed by atoms with Crippen molar-refractivity contribution in [3.05, 3.63) is 91.8 Å². The van der Waals surface area contributed by atoms with Crippen molar-refractivity contribution >= 4 is 47.1 Å². The molecule has 1 aromatic rings. The second-order valence-corrected chi connectivity index (χ2v) is 11.8. The number of sulfone groups is 2. The van der Waals surface area contributed by atoms with Crippen molar-refractivity contribution in [2.75, 3.05) is 18.0 Å². The molecule has 2 fully saturated rings. The molecule has 10 nitrogen and oxygen atoms in total. The second-order valence-electron chi connectivity index (χ2n) is 7.63. The molecule has 2 saturated heterocycles. The summed E-state index contributed by atoms with van der Waals surface area (Å²) in [5.41, 5.74) is 0.359. The lowest BCUT2D eigenvalue weighted by molar-refractivity contribution is 0.434. The van der Waals surface area contributed by atoms with Crippen molar-refractivity contribution in [1.29, 1.82) is 5.41 Å². The first-order valence-corrected chi connectivity index (χ1v) is 13.8. The first-order valence-electron chi connectivity index (χ1n) is 10.9. The van der Waals surface area contributed by atoms with E-state index in [4.69, 9.17) is 5.41 Å². The van der Waals surface area contributed by atoms with E-state index in [1.807, 2.05) is 0 Å². The molecular weight excluding hydrogens is 500 g/mol. The van der Waals surface area contributed by atoms with Gasteiger partial charge in [0.25, 0.3) is 19.7 Å². The second kappa shape index (κ2) is 9.28. The third-order valence-electron chi connectivity index (χ3n) is 5.57. The molecule has 4 rings (SSSR count). The third kappa shape index (κ3) is 3.28. The van der Waals surface area contributed by atoms with Crippen molar-refractivity contribution in [2.45, 2.75) is 11.3 Å². The predicted octanol–water partition coefficient (Wildman–Crippen LogP) is 2.80. The van der Waals surface area contributed by atoms with E-state index in [1.54, 1.807) is 49.4 Å². The van der Waals surface area contributed by atoms with Gasteiger partial charge in [0.15, 0.2) is 21.8 Å². The Labute approximate surface area is 210 Å². The van der Waals surface area contributed by atoms with E-state index < -0.39 is 34.1 Å². The number of allylic oxidation sites excluding steroid dienone is 6. The minimum Gasteiger partial charge on any atom is -0.287 e. The van der Waals surface area contributed by atoms with Crippen LogP contribution in [0.4, 0.5) is 5.69 Å². The molecule has 1 spiro atoms. The van der Waals surface area contributed by atoms with Gasteiger partial charge in [0.05, 0.1) is 13.1 Å². The number of nitrogens with one attached hydrogen (secondary N) is 1. The molecule has 0 saturated carbocycles. The molecule has 3 heterocycles. The monoisotopic (exact) mass is 524 g/mol. The van der Waals surface area contributed by atoms with Crippen molar-refractivity contribution < 1.29 is 16.8 Å². The van der Waals surface area contributed by atoms with Crippen molar-refractivity contribution in [3.63, 3.8) is 0 Å². The molecule has 0 bridgehead atoms. The topological polar surface area (TPSA) is 136 Å². The van der Waals surface area contributed by atoms with E-state index in [9.17, 15) is 16.8 Å². The van der Waals surface area contributed by atoms with Crippen LogP contribution in [-0.2, 0) is 19.7 Å². The van der Waals surface area contributed by atoms with E-state index in [1.165, 1.54) is 24.3 Å². The molecule has 0 amide bonds. The lowest BCUT2D eigenvalue weighted by atomic mass is 10.3. The van der Waals surface area contributed by atoms with Crippen LogP contribution in [0.25, 0.3) is 0 Å². The van der Waals surface area contributed by atoms with Crippen LogP contribution < -0.4 is 4.90 Å². The van der Waals surface area contributed by atoms with Gasteiger partial charge in [-0.25, -0.2) is 21.8 Å². The molecule has 3 aliphatic rings. The number of para-hydroxylation sites is 1. The van der Waals surface area contributed by atoms with Gasteiger partial charge in [-0.2, -0.15) is 0 Å². The average molecular weight is 525 g/mol. The van der Waals surface area contributed by atoms with Crippen LogP contribution in [0.2, 0.25) is 0 Å². The van der Waals surface area contributed by atoms with Gasteiger partial charge in [0.2, 0.25) is 0 Å². The molecule has 1 aromatic carbocycles. The van der Waals surface area contributed by atoms with Gasteiger partial charge in [0.1, 0.15) is 0 Å². The number of hydrogen-bond donors (Lipinski definition) is 1. The van der Waals surface area contributed by atoms with Crippen molar-refractivity contribution in [1.82, 2.24) is 4.90 Å². The molecule has 12 heteroatoms. The zero-order chi connectivity index (χ0) is 26.1. The number of anilines is 1. The first kappa shape index (κ1) is 25.2. The van der Waals surface area contributed by atoms with E-state index in [0.29, 0.717) is 0 Å². The number of rotatable bonds is 6. The summed E-state index contributed by atoms with van der Waals surface area (Å²) in [7, 11) is -9.86. The summed E-state index contributed by atoms with van der Waals surface area (Å²) in [6.45, 7) is 9.45. The quantitative estimate of drug-likeness (QED) is 0.569. The Morgan fingerprint density at radius 1 is 1.06 bits per heavy atom. The molecule has 0 aliphatic carbocycles. The first-order chi connectivity index (χ1) is 17.2. The normalized spacial score (nSPS) is 26.1. The standard InChI is InChI=1S/C24H24N6O4S2/c1-4-7-9-12-18(6-3)29-21-22(27-17-16-26-21)30(19-13-10-8-11-14-19)24(29)35(31,32)20(25)23(28-15-5-2)36(24,33)34/h4-15,25H,1,3,16-17H2,2H3/b9-7-,15-5-,18-12+,25-20?,28-23?. The fourth-order valence-corrected chi connectivity index (χ4v) is 9.44. The Bertz CT molecular complexity index is 1530. The van der Waals surface area contributed by atoms with Crippen LogP contribution in [0, 0.1) is 5.41 Å². The summed E-state index contributed by atoms with van der Waals surface area (Å²) in [6.07, 6.45) is 10.1. The number of hydrogen-bond acceptors (Lipinski definition) is 10. The third-order valence-corrected chi connectivity index (χ3v) is 10.7. The summed E-state index contributed by atoms with van der Waals surface area (Å²) < 4.78 is 54.2. The number of fused-ring (bicyclic) bond motifs is 1. The van der Waals surface area contributed by atoms with Gasteiger partial charge in [-0.05, 0) is 31.2 Å². The SMILES string of the molecule is C=C/C=C\C=C(/C=C)N1C2=NCCN=C2N(c2ccccc2)C12S(=O)(=O)C(=N)C(=N/C=C\C)S2(=O)=O. The van der Waals surface area contributed by atoms with E-state index >= 15 is 0 Å².